The van der Waals surface area contributed by atoms with Crippen LogP contribution in [0.5, 0.6) is 5.75 Å². The summed E-state index contributed by atoms with van der Waals surface area (Å²) in [7, 11) is 1.62. The number of carbonyl (C=O) groups is 1. The van der Waals surface area contributed by atoms with E-state index in [1.54, 1.807) is 7.11 Å². The molecule has 1 aromatic carbocycles. The Morgan fingerprint density at radius 3 is 2.38 bits per heavy atom. The summed E-state index contributed by atoms with van der Waals surface area (Å²) < 4.78 is 5.07. The van der Waals surface area contributed by atoms with Crippen LogP contribution in [0.1, 0.15) is 24.8 Å². The molecule has 1 aliphatic rings. The molecule has 1 fully saturated rings. The van der Waals surface area contributed by atoms with Crippen LogP contribution in [0.2, 0.25) is 0 Å². The molecule has 1 aliphatic carbocycles. The highest BCUT2D eigenvalue weighted by Gasteiger charge is 2.44. The molecule has 1 saturated carbocycles. The van der Waals surface area contributed by atoms with Crippen LogP contribution in [-0.2, 0) is 11.2 Å². The van der Waals surface area contributed by atoms with Gasteiger partial charge < -0.3 is 9.84 Å². The van der Waals surface area contributed by atoms with Crippen LogP contribution in [-0.4, -0.2) is 18.2 Å². The number of ether oxygens (including phenoxy) is 1. The van der Waals surface area contributed by atoms with Crippen LogP contribution in [0.25, 0.3) is 0 Å². The highest BCUT2D eigenvalue weighted by molar-refractivity contribution is 5.76. The lowest BCUT2D eigenvalue weighted by atomic mass is 9.65. The van der Waals surface area contributed by atoms with Gasteiger partial charge in [-0.25, -0.2) is 0 Å². The lowest BCUT2D eigenvalue weighted by Gasteiger charge is -2.37. The number of aliphatic carboxylic acids is 1. The lowest BCUT2D eigenvalue weighted by Crippen LogP contribution is -2.39. The first-order chi connectivity index (χ1) is 7.66. The summed E-state index contributed by atoms with van der Waals surface area (Å²) in [6.07, 6.45) is 3.26. The van der Waals surface area contributed by atoms with Crippen molar-refractivity contribution in [2.45, 2.75) is 25.7 Å². The van der Waals surface area contributed by atoms with E-state index >= 15 is 0 Å². The zero-order valence-corrected chi connectivity index (χ0v) is 9.40. The number of rotatable bonds is 4. The molecule has 0 aliphatic heterocycles. The van der Waals surface area contributed by atoms with Crippen molar-refractivity contribution >= 4 is 5.97 Å². The van der Waals surface area contributed by atoms with Gasteiger partial charge in [0.1, 0.15) is 5.75 Å². The Bertz CT molecular complexity index is 377. The van der Waals surface area contributed by atoms with Crippen LogP contribution in [0.15, 0.2) is 24.3 Å². The third-order valence-electron chi connectivity index (χ3n) is 3.47. The van der Waals surface area contributed by atoms with E-state index in [2.05, 4.69) is 0 Å². The predicted octanol–water partition coefficient (Wildman–Crippen LogP) is 2.49. The summed E-state index contributed by atoms with van der Waals surface area (Å²) in [5, 5.41) is 9.22. The molecule has 16 heavy (non-hydrogen) atoms. The van der Waals surface area contributed by atoms with Crippen molar-refractivity contribution in [3.05, 3.63) is 29.8 Å². The fraction of sp³-hybridized carbons (Fsp3) is 0.462. The number of carboxylic acids is 1. The van der Waals surface area contributed by atoms with E-state index in [0.717, 1.165) is 30.6 Å². The van der Waals surface area contributed by atoms with Crippen molar-refractivity contribution in [2.24, 2.45) is 5.41 Å². The largest absolute Gasteiger partial charge is 0.497 e. The Hall–Kier alpha value is -1.51. The molecule has 0 bridgehead atoms. The van der Waals surface area contributed by atoms with Crippen molar-refractivity contribution in [3.8, 4) is 5.75 Å². The van der Waals surface area contributed by atoms with Gasteiger partial charge in [-0.15, -0.1) is 0 Å². The summed E-state index contributed by atoms with van der Waals surface area (Å²) in [5.41, 5.74) is 0.567. The maximum atomic E-state index is 11.2. The summed E-state index contributed by atoms with van der Waals surface area (Å²) in [4.78, 5) is 11.2. The van der Waals surface area contributed by atoms with Gasteiger partial charge in [-0.2, -0.15) is 0 Å². The van der Waals surface area contributed by atoms with Gasteiger partial charge in [0.05, 0.1) is 12.5 Å². The number of hydrogen-bond donors (Lipinski definition) is 1. The number of hydrogen-bond acceptors (Lipinski definition) is 2. The molecule has 1 N–H and O–H groups in total. The molecule has 0 radical (unpaired) electrons. The van der Waals surface area contributed by atoms with Crippen molar-refractivity contribution in [1.82, 2.24) is 0 Å². The van der Waals surface area contributed by atoms with E-state index in [1.165, 1.54) is 0 Å². The standard InChI is InChI=1S/C13H16O3/c1-16-11-5-3-10(4-6-11)9-13(12(14)15)7-2-8-13/h3-6H,2,7-9H2,1H3,(H,14,15). The molecule has 0 heterocycles. The first kappa shape index (κ1) is 11.0. The van der Waals surface area contributed by atoms with Crippen molar-refractivity contribution in [2.75, 3.05) is 7.11 Å². The fourth-order valence-corrected chi connectivity index (χ4v) is 2.20. The molecule has 0 aromatic heterocycles. The first-order valence-electron chi connectivity index (χ1n) is 5.53. The van der Waals surface area contributed by atoms with E-state index in [1.807, 2.05) is 24.3 Å². The smallest absolute Gasteiger partial charge is 0.309 e. The molecule has 3 nitrogen and oxygen atoms in total. The van der Waals surface area contributed by atoms with Crippen LogP contribution < -0.4 is 4.74 Å². The summed E-state index contributed by atoms with van der Waals surface area (Å²) in [6, 6.07) is 7.65. The van der Waals surface area contributed by atoms with E-state index in [4.69, 9.17) is 4.74 Å². The summed E-state index contributed by atoms with van der Waals surface area (Å²) in [5.74, 6) is 0.149. The van der Waals surface area contributed by atoms with Gasteiger partial charge in [0.25, 0.3) is 0 Å². The molecule has 0 amide bonds. The Kier molecular flexibility index (Phi) is 2.86. The maximum absolute atomic E-state index is 11.2. The topological polar surface area (TPSA) is 46.5 Å². The van der Waals surface area contributed by atoms with Gasteiger partial charge in [0.15, 0.2) is 0 Å². The molecule has 1 aromatic rings. The van der Waals surface area contributed by atoms with Crippen LogP contribution in [0.4, 0.5) is 0 Å². The molecule has 2 rings (SSSR count). The van der Waals surface area contributed by atoms with Crippen LogP contribution in [0, 0.1) is 5.41 Å². The molecule has 0 saturated heterocycles. The Labute approximate surface area is 95.0 Å². The predicted molar refractivity (Wildman–Crippen MR) is 60.6 cm³/mol. The fourth-order valence-electron chi connectivity index (χ4n) is 2.20. The van der Waals surface area contributed by atoms with Gasteiger partial charge in [-0.1, -0.05) is 18.6 Å². The Balaban J connectivity index is 2.10. The molecule has 3 heteroatoms. The van der Waals surface area contributed by atoms with Gasteiger partial charge in [0.2, 0.25) is 0 Å². The zero-order chi connectivity index (χ0) is 11.6. The average molecular weight is 220 g/mol. The third kappa shape index (κ3) is 1.90. The van der Waals surface area contributed by atoms with Crippen LogP contribution >= 0.6 is 0 Å². The minimum atomic E-state index is -0.658. The summed E-state index contributed by atoms with van der Waals surface area (Å²) >= 11 is 0. The SMILES string of the molecule is COc1ccc(CC2(C(=O)O)CCC2)cc1. The number of benzene rings is 1. The minimum absolute atomic E-state index is 0.505. The highest BCUT2D eigenvalue weighted by Crippen LogP contribution is 2.44. The Morgan fingerprint density at radius 1 is 1.38 bits per heavy atom. The van der Waals surface area contributed by atoms with E-state index in [0.29, 0.717) is 6.42 Å². The number of carboxylic acid groups (broad SMARTS) is 1. The molecule has 0 unspecified atom stereocenters. The molecule has 86 valence electrons. The molecular weight excluding hydrogens is 204 g/mol. The monoisotopic (exact) mass is 220 g/mol. The van der Waals surface area contributed by atoms with Crippen molar-refractivity contribution < 1.29 is 14.6 Å². The van der Waals surface area contributed by atoms with E-state index in [9.17, 15) is 9.90 Å². The average Bonchev–Trinajstić information content (AvgIpc) is 2.24. The molecular formula is C13H16O3. The first-order valence-corrected chi connectivity index (χ1v) is 5.53. The lowest BCUT2D eigenvalue weighted by molar-refractivity contribution is -0.154. The normalized spacial score (nSPS) is 17.6. The van der Waals surface area contributed by atoms with Crippen molar-refractivity contribution in [3.63, 3.8) is 0 Å². The second-order valence-electron chi connectivity index (χ2n) is 4.46. The van der Waals surface area contributed by atoms with Gasteiger partial charge in [-0.3, -0.25) is 4.79 Å². The quantitative estimate of drug-likeness (QED) is 0.848. The summed E-state index contributed by atoms with van der Waals surface area (Å²) in [6.45, 7) is 0. The highest BCUT2D eigenvalue weighted by atomic mass is 16.5. The minimum Gasteiger partial charge on any atom is -0.497 e. The maximum Gasteiger partial charge on any atom is 0.309 e. The van der Waals surface area contributed by atoms with Gasteiger partial charge in [0, 0.05) is 0 Å². The van der Waals surface area contributed by atoms with Crippen molar-refractivity contribution in [1.29, 1.82) is 0 Å². The number of methoxy groups -OCH3 is 1. The van der Waals surface area contributed by atoms with Crippen LogP contribution in [0.3, 0.4) is 0 Å². The second kappa shape index (κ2) is 4.16. The zero-order valence-electron chi connectivity index (χ0n) is 9.40. The third-order valence-corrected chi connectivity index (χ3v) is 3.47. The van der Waals surface area contributed by atoms with E-state index < -0.39 is 11.4 Å². The molecule has 0 spiro atoms. The second-order valence-corrected chi connectivity index (χ2v) is 4.46. The molecule has 0 atom stereocenters. The van der Waals surface area contributed by atoms with E-state index in [-0.39, 0.29) is 0 Å². The Morgan fingerprint density at radius 2 is 2.00 bits per heavy atom. The van der Waals surface area contributed by atoms with Gasteiger partial charge in [-0.05, 0) is 37.0 Å². The van der Waals surface area contributed by atoms with Gasteiger partial charge >= 0.3 is 5.97 Å².